The summed E-state index contributed by atoms with van der Waals surface area (Å²) >= 11 is 5.69. The van der Waals surface area contributed by atoms with Gasteiger partial charge in [-0.25, -0.2) is 4.98 Å². The highest BCUT2D eigenvalue weighted by Crippen LogP contribution is 2.05. The van der Waals surface area contributed by atoms with Gasteiger partial charge in [0.1, 0.15) is 5.69 Å². The number of amides is 1. The molecular formula is C11H14ClN3O2. The molecule has 1 amide bonds. The van der Waals surface area contributed by atoms with E-state index in [0.717, 1.165) is 13.2 Å². The second-order valence-electron chi connectivity index (χ2n) is 3.80. The number of morpholine rings is 1. The summed E-state index contributed by atoms with van der Waals surface area (Å²) in [5.41, 5.74) is 0.367. The van der Waals surface area contributed by atoms with E-state index >= 15 is 0 Å². The molecule has 6 heteroatoms. The maximum absolute atomic E-state index is 11.7. The molecule has 0 aromatic carbocycles. The van der Waals surface area contributed by atoms with Gasteiger partial charge in [-0.1, -0.05) is 11.6 Å². The van der Waals surface area contributed by atoms with E-state index in [1.54, 1.807) is 12.1 Å². The van der Waals surface area contributed by atoms with E-state index in [-0.39, 0.29) is 11.9 Å². The quantitative estimate of drug-likeness (QED) is 0.824. The van der Waals surface area contributed by atoms with Crippen LogP contribution in [0.4, 0.5) is 0 Å². The number of nitrogens with one attached hydrogen (secondary N) is 2. The zero-order valence-corrected chi connectivity index (χ0v) is 10.0. The highest BCUT2D eigenvalue weighted by Gasteiger charge is 2.14. The molecule has 1 saturated heterocycles. The number of pyridine rings is 1. The fourth-order valence-electron chi connectivity index (χ4n) is 1.57. The molecule has 1 fully saturated rings. The second kappa shape index (κ2) is 5.95. The van der Waals surface area contributed by atoms with Crippen molar-refractivity contribution in [1.29, 1.82) is 0 Å². The Labute approximate surface area is 105 Å². The highest BCUT2D eigenvalue weighted by atomic mass is 35.5. The van der Waals surface area contributed by atoms with Crippen LogP contribution in [0.25, 0.3) is 0 Å². The molecule has 0 spiro atoms. The van der Waals surface area contributed by atoms with Crippen molar-refractivity contribution in [3.05, 3.63) is 29.0 Å². The SMILES string of the molecule is O=C(NCC1COCCN1)c1ccc(Cl)cn1. The normalized spacial score (nSPS) is 19.9. The van der Waals surface area contributed by atoms with E-state index in [4.69, 9.17) is 16.3 Å². The van der Waals surface area contributed by atoms with Crippen LogP contribution in [0.5, 0.6) is 0 Å². The molecular weight excluding hydrogens is 242 g/mol. The number of ether oxygens (including phenoxy) is 1. The first-order valence-electron chi connectivity index (χ1n) is 5.46. The predicted octanol–water partition coefficient (Wildman–Crippen LogP) is 0.453. The molecule has 2 heterocycles. The molecule has 0 bridgehead atoms. The highest BCUT2D eigenvalue weighted by molar-refractivity contribution is 6.30. The molecule has 1 aliphatic rings. The van der Waals surface area contributed by atoms with Crippen molar-refractivity contribution in [3.8, 4) is 0 Å². The maximum atomic E-state index is 11.7. The molecule has 0 saturated carbocycles. The first-order valence-corrected chi connectivity index (χ1v) is 5.84. The lowest BCUT2D eigenvalue weighted by molar-refractivity contribution is 0.0733. The molecule has 5 nitrogen and oxygen atoms in total. The van der Waals surface area contributed by atoms with Crippen molar-refractivity contribution in [2.45, 2.75) is 6.04 Å². The van der Waals surface area contributed by atoms with Gasteiger partial charge in [-0.05, 0) is 12.1 Å². The van der Waals surface area contributed by atoms with Crippen LogP contribution < -0.4 is 10.6 Å². The van der Waals surface area contributed by atoms with Gasteiger partial charge < -0.3 is 15.4 Å². The maximum Gasteiger partial charge on any atom is 0.269 e. The zero-order valence-electron chi connectivity index (χ0n) is 9.28. The van der Waals surface area contributed by atoms with Crippen LogP contribution in [0.3, 0.4) is 0 Å². The Kier molecular flexibility index (Phi) is 4.30. The predicted molar refractivity (Wildman–Crippen MR) is 64.2 cm³/mol. The van der Waals surface area contributed by atoms with Crippen LogP contribution in [0.1, 0.15) is 10.5 Å². The van der Waals surface area contributed by atoms with E-state index in [1.807, 2.05) is 0 Å². The van der Waals surface area contributed by atoms with Gasteiger partial charge in [0.25, 0.3) is 5.91 Å². The monoisotopic (exact) mass is 255 g/mol. The molecule has 92 valence electrons. The zero-order chi connectivity index (χ0) is 12.1. The van der Waals surface area contributed by atoms with Crippen LogP contribution in [-0.4, -0.2) is 43.2 Å². The third-order valence-electron chi connectivity index (χ3n) is 2.47. The standard InChI is InChI=1S/C11H14ClN3O2/c12-8-1-2-10(14-5-8)11(16)15-6-9-7-17-4-3-13-9/h1-2,5,9,13H,3-4,6-7H2,(H,15,16). The summed E-state index contributed by atoms with van der Waals surface area (Å²) in [6, 6.07) is 3.41. The number of carbonyl (C=O) groups is 1. The van der Waals surface area contributed by atoms with Gasteiger partial charge in [0, 0.05) is 25.3 Å². The van der Waals surface area contributed by atoms with Crippen molar-refractivity contribution < 1.29 is 9.53 Å². The molecule has 2 N–H and O–H groups in total. The topological polar surface area (TPSA) is 63.2 Å². The van der Waals surface area contributed by atoms with Gasteiger partial charge in [-0.15, -0.1) is 0 Å². The van der Waals surface area contributed by atoms with Gasteiger partial charge >= 0.3 is 0 Å². The Bertz CT molecular complexity index is 377. The molecule has 0 radical (unpaired) electrons. The van der Waals surface area contributed by atoms with Gasteiger partial charge in [0.05, 0.1) is 18.2 Å². The number of carbonyl (C=O) groups excluding carboxylic acids is 1. The minimum Gasteiger partial charge on any atom is -0.378 e. The largest absolute Gasteiger partial charge is 0.378 e. The Morgan fingerprint density at radius 2 is 2.53 bits per heavy atom. The van der Waals surface area contributed by atoms with Gasteiger partial charge in [0.2, 0.25) is 0 Å². The van der Waals surface area contributed by atoms with Crippen molar-refractivity contribution in [3.63, 3.8) is 0 Å². The van der Waals surface area contributed by atoms with Gasteiger partial charge in [-0.3, -0.25) is 4.79 Å². The number of hydrogen-bond donors (Lipinski definition) is 2. The van der Waals surface area contributed by atoms with Gasteiger partial charge in [0.15, 0.2) is 0 Å². The van der Waals surface area contributed by atoms with E-state index < -0.39 is 0 Å². The summed E-state index contributed by atoms with van der Waals surface area (Å²) in [4.78, 5) is 15.7. The number of halogens is 1. The lowest BCUT2D eigenvalue weighted by Gasteiger charge is -2.23. The molecule has 1 aromatic heterocycles. The van der Waals surface area contributed by atoms with Crippen LogP contribution in [0.15, 0.2) is 18.3 Å². The van der Waals surface area contributed by atoms with Crippen LogP contribution >= 0.6 is 11.6 Å². The van der Waals surface area contributed by atoms with E-state index in [1.165, 1.54) is 6.20 Å². The molecule has 2 rings (SSSR count). The minimum atomic E-state index is -0.200. The van der Waals surface area contributed by atoms with Crippen molar-refractivity contribution >= 4 is 17.5 Å². The fourth-order valence-corrected chi connectivity index (χ4v) is 1.68. The number of hydrogen-bond acceptors (Lipinski definition) is 4. The fraction of sp³-hybridized carbons (Fsp3) is 0.455. The summed E-state index contributed by atoms with van der Waals surface area (Å²) in [6.07, 6.45) is 1.46. The first kappa shape index (κ1) is 12.3. The smallest absolute Gasteiger partial charge is 0.269 e. The lowest BCUT2D eigenvalue weighted by atomic mass is 10.2. The molecule has 1 unspecified atom stereocenters. The summed E-state index contributed by atoms with van der Waals surface area (Å²) in [6.45, 7) is 2.69. The van der Waals surface area contributed by atoms with Crippen molar-refractivity contribution in [2.75, 3.05) is 26.3 Å². The number of rotatable bonds is 3. The average molecular weight is 256 g/mol. The molecule has 1 atom stereocenters. The first-order chi connectivity index (χ1) is 8.25. The van der Waals surface area contributed by atoms with Gasteiger partial charge in [-0.2, -0.15) is 0 Å². The summed E-state index contributed by atoms with van der Waals surface area (Å²) in [7, 11) is 0. The van der Waals surface area contributed by atoms with Crippen LogP contribution in [-0.2, 0) is 4.74 Å². The van der Waals surface area contributed by atoms with E-state index in [9.17, 15) is 4.79 Å². The van der Waals surface area contributed by atoms with Crippen molar-refractivity contribution in [2.24, 2.45) is 0 Å². The molecule has 1 aliphatic heterocycles. The number of nitrogens with zero attached hydrogens (tertiary/aromatic N) is 1. The molecule has 0 aliphatic carbocycles. The Balaban J connectivity index is 1.82. The van der Waals surface area contributed by atoms with Crippen LogP contribution in [0, 0.1) is 0 Å². The summed E-state index contributed by atoms with van der Waals surface area (Å²) in [5.74, 6) is -0.200. The van der Waals surface area contributed by atoms with Crippen molar-refractivity contribution in [1.82, 2.24) is 15.6 Å². The van der Waals surface area contributed by atoms with E-state index in [0.29, 0.717) is 23.9 Å². The third-order valence-corrected chi connectivity index (χ3v) is 2.69. The third kappa shape index (κ3) is 3.66. The Morgan fingerprint density at radius 1 is 1.65 bits per heavy atom. The second-order valence-corrected chi connectivity index (χ2v) is 4.23. The van der Waals surface area contributed by atoms with Crippen LogP contribution in [0.2, 0.25) is 5.02 Å². The summed E-state index contributed by atoms with van der Waals surface area (Å²) in [5, 5.41) is 6.57. The Hall–Kier alpha value is -1.17. The molecule has 17 heavy (non-hydrogen) atoms. The number of aromatic nitrogens is 1. The lowest BCUT2D eigenvalue weighted by Crippen LogP contribution is -2.48. The average Bonchev–Trinajstić information content (AvgIpc) is 2.38. The van der Waals surface area contributed by atoms with E-state index in [2.05, 4.69) is 15.6 Å². The summed E-state index contributed by atoms with van der Waals surface area (Å²) < 4.78 is 5.29. The minimum absolute atomic E-state index is 0.167. The Morgan fingerprint density at radius 3 is 3.18 bits per heavy atom. The molecule has 1 aromatic rings.